The van der Waals surface area contributed by atoms with Crippen LogP contribution in [0.25, 0.3) is 0 Å². The number of rotatable bonds is 4. The van der Waals surface area contributed by atoms with Crippen LogP contribution in [-0.4, -0.2) is 81.2 Å². The summed E-state index contributed by atoms with van der Waals surface area (Å²) in [6, 6.07) is 5.63. The summed E-state index contributed by atoms with van der Waals surface area (Å²) in [5.74, 6) is -3.61. The third kappa shape index (κ3) is 7.30. The lowest BCUT2D eigenvalue weighted by Gasteiger charge is -2.41. The maximum Gasteiger partial charge on any atom is 0.414 e. The highest BCUT2D eigenvalue weighted by molar-refractivity contribution is 7.11. The van der Waals surface area contributed by atoms with Gasteiger partial charge in [0, 0.05) is 49.4 Å². The second-order valence-corrected chi connectivity index (χ2v) is 9.59. The number of aliphatic carboxylic acids is 2. The van der Waals surface area contributed by atoms with Crippen molar-refractivity contribution in [1.82, 2.24) is 14.8 Å². The summed E-state index contributed by atoms with van der Waals surface area (Å²) in [5.41, 5.74) is 0.605. The highest BCUT2D eigenvalue weighted by Gasteiger charge is 2.30. The molecule has 1 amide bonds. The molecule has 34 heavy (non-hydrogen) atoms. The predicted molar refractivity (Wildman–Crippen MR) is 128 cm³/mol. The highest BCUT2D eigenvalue weighted by atomic mass is 35.5. The molecule has 4 rings (SSSR count). The largest absolute Gasteiger partial charge is 0.473 e. The quantitative estimate of drug-likeness (QED) is 0.574. The molecule has 0 bridgehead atoms. The number of carboxylic acid groups (broad SMARTS) is 2. The number of carbonyl (C=O) groups is 3. The molecule has 0 aliphatic carbocycles. The number of thiazole rings is 1. The van der Waals surface area contributed by atoms with Crippen molar-refractivity contribution in [2.75, 3.05) is 26.2 Å². The van der Waals surface area contributed by atoms with Crippen LogP contribution in [0, 0.1) is 0 Å². The Morgan fingerprint density at radius 3 is 2.15 bits per heavy atom. The van der Waals surface area contributed by atoms with Crippen LogP contribution >= 0.6 is 34.5 Å². The van der Waals surface area contributed by atoms with Crippen molar-refractivity contribution >= 4 is 52.4 Å². The Labute approximate surface area is 210 Å². The van der Waals surface area contributed by atoms with Gasteiger partial charge in [0.15, 0.2) is 0 Å². The van der Waals surface area contributed by atoms with Crippen LogP contribution in [0.4, 0.5) is 0 Å². The van der Waals surface area contributed by atoms with E-state index < -0.39 is 11.9 Å². The van der Waals surface area contributed by atoms with Crippen molar-refractivity contribution < 1.29 is 29.3 Å². The monoisotopic (exact) mass is 529 g/mol. The smallest absolute Gasteiger partial charge is 0.414 e. The number of amides is 1. The normalized spacial score (nSPS) is 17.5. The molecule has 0 radical (unpaired) electrons. The molecule has 12 heteroatoms. The average molecular weight is 530 g/mol. The molecular formula is C22H25Cl2N3O6S. The number of piperidine rings is 2. The van der Waals surface area contributed by atoms with Crippen LogP contribution in [-0.2, 0) is 9.59 Å². The summed E-state index contributed by atoms with van der Waals surface area (Å²) in [6.07, 6.45) is 6.11. The van der Waals surface area contributed by atoms with E-state index in [-0.39, 0.29) is 12.0 Å². The SMILES string of the molecule is O=C(O)C(=O)O.O=C(c1ccc(Cl)c(Cl)c1)N1CCC(N2CCC(Oc3nccs3)CC2)CC1. The summed E-state index contributed by atoms with van der Waals surface area (Å²) in [5, 5.41) is 18.4. The Morgan fingerprint density at radius 1 is 0.971 bits per heavy atom. The van der Waals surface area contributed by atoms with Gasteiger partial charge in [-0.05, 0) is 43.9 Å². The Bertz CT molecular complexity index is 979. The zero-order chi connectivity index (χ0) is 24.7. The van der Waals surface area contributed by atoms with Gasteiger partial charge in [-0.25, -0.2) is 14.6 Å². The van der Waals surface area contributed by atoms with Crippen LogP contribution in [0.3, 0.4) is 0 Å². The molecular weight excluding hydrogens is 505 g/mol. The van der Waals surface area contributed by atoms with E-state index >= 15 is 0 Å². The zero-order valence-corrected chi connectivity index (χ0v) is 20.6. The number of halogens is 2. The fourth-order valence-electron chi connectivity index (χ4n) is 4.02. The van der Waals surface area contributed by atoms with Gasteiger partial charge < -0.3 is 19.8 Å². The number of hydrogen-bond acceptors (Lipinski definition) is 7. The Kier molecular flexibility index (Phi) is 9.52. The molecule has 2 aliphatic rings. The first-order valence-corrected chi connectivity index (χ1v) is 12.4. The van der Waals surface area contributed by atoms with Crippen LogP contribution in [0.5, 0.6) is 5.19 Å². The fraction of sp³-hybridized carbons (Fsp3) is 0.455. The van der Waals surface area contributed by atoms with Gasteiger partial charge in [-0.15, -0.1) is 0 Å². The molecule has 3 heterocycles. The van der Waals surface area contributed by atoms with Crippen molar-refractivity contribution in [1.29, 1.82) is 0 Å². The number of carbonyl (C=O) groups excluding carboxylic acids is 1. The lowest BCUT2D eigenvalue weighted by Crippen LogP contribution is -2.50. The number of benzene rings is 1. The number of hydrogen-bond donors (Lipinski definition) is 2. The van der Waals surface area contributed by atoms with Crippen LogP contribution < -0.4 is 4.74 Å². The van der Waals surface area contributed by atoms with Gasteiger partial charge in [-0.2, -0.15) is 0 Å². The second kappa shape index (κ2) is 12.3. The van der Waals surface area contributed by atoms with Gasteiger partial charge in [0.05, 0.1) is 10.0 Å². The Balaban J connectivity index is 0.000000481. The molecule has 0 spiro atoms. The van der Waals surface area contributed by atoms with Crippen molar-refractivity contribution in [2.24, 2.45) is 0 Å². The number of carboxylic acids is 2. The molecule has 2 fully saturated rings. The second-order valence-electron chi connectivity index (χ2n) is 7.91. The van der Waals surface area contributed by atoms with E-state index in [1.165, 1.54) is 0 Å². The minimum absolute atomic E-state index is 0.0348. The van der Waals surface area contributed by atoms with Gasteiger partial charge in [-0.1, -0.05) is 34.5 Å². The summed E-state index contributed by atoms with van der Waals surface area (Å²) in [6.45, 7) is 3.64. The number of nitrogens with zero attached hydrogens (tertiary/aromatic N) is 3. The van der Waals surface area contributed by atoms with Crippen LogP contribution in [0.1, 0.15) is 36.0 Å². The van der Waals surface area contributed by atoms with E-state index in [0.29, 0.717) is 21.7 Å². The summed E-state index contributed by atoms with van der Waals surface area (Å²) >= 11 is 13.6. The highest BCUT2D eigenvalue weighted by Crippen LogP contribution is 2.27. The fourth-order valence-corrected chi connectivity index (χ4v) is 4.87. The first-order chi connectivity index (χ1) is 16.2. The van der Waals surface area contributed by atoms with E-state index in [1.54, 1.807) is 35.7 Å². The maximum absolute atomic E-state index is 12.7. The third-order valence-electron chi connectivity index (χ3n) is 5.77. The average Bonchev–Trinajstić information content (AvgIpc) is 3.34. The zero-order valence-electron chi connectivity index (χ0n) is 18.2. The lowest BCUT2D eigenvalue weighted by atomic mass is 9.98. The molecule has 0 unspecified atom stereocenters. The first-order valence-electron chi connectivity index (χ1n) is 10.8. The molecule has 2 aliphatic heterocycles. The van der Waals surface area contributed by atoms with Crippen molar-refractivity contribution in [3.8, 4) is 5.19 Å². The summed E-state index contributed by atoms with van der Waals surface area (Å²) in [4.78, 5) is 39.6. The van der Waals surface area contributed by atoms with Crippen molar-refractivity contribution in [3.63, 3.8) is 0 Å². The van der Waals surface area contributed by atoms with Crippen molar-refractivity contribution in [2.45, 2.75) is 37.8 Å². The van der Waals surface area contributed by atoms with E-state index in [9.17, 15) is 4.79 Å². The molecule has 184 valence electrons. The minimum Gasteiger partial charge on any atom is -0.473 e. The van der Waals surface area contributed by atoms with E-state index in [1.807, 2.05) is 10.3 Å². The lowest BCUT2D eigenvalue weighted by molar-refractivity contribution is -0.159. The Hall–Kier alpha value is -2.40. The van der Waals surface area contributed by atoms with Crippen LogP contribution in [0.2, 0.25) is 10.0 Å². The minimum atomic E-state index is -1.82. The van der Waals surface area contributed by atoms with E-state index in [0.717, 1.165) is 57.1 Å². The Morgan fingerprint density at radius 2 is 1.62 bits per heavy atom. The first kappa shape index (κ1) is 26.2. The number of aromatic nitrogens is 1. The standard InChI is InChI=1S/C20H23Cl2N3O2S.C2H2O4/c21-17-2-1-14(13-18(17)22)19(26)25-8-3-15(4-9-25)24-10-5-16(6-11-24)27-20-23-7-12-28-20;3-1(4)2(5)6/h1-2,7,12-13,15-16H,3-6,8-11H2;(H,3,4)(H,5,6). The van der Waals surface area contributed by atoms with Gasteiger partial charge in [0.1, 0.15) is 6.10 Å². The number of likely N-dealkylation sites (tertiary alicyclic amines) is 2. The molecule has 2 N–H and O–H groups in total. The molecule has 0 saturated carbocycles. The van der Waals surface area contributed by atoms with Gasteiger partial charge in [-0.3, -0.25) is 9.69 Å². The molecule has 2 saturated heterocycles. The molecule has 1 aromatic heterocycles. The van der Waals surface area contributed by atoms with Crippen LogP contribution in [0.15, 0.2) is 29.8 Å². The maximum atomic E-state index is 12.7. The summed E-state index contributed by atoms with van der Waals surface area (Å²) in [7, 11) is 0. The van der Waals surface area contributed by atoms with E-state index in [2.05, 4.69) is 9.88 Å². The summed E-state index contributed by atoms with van der Waals surface area (Å²) < 4.78 is 5.95. The van der Waals surface area contributed by atoms with Gasteiger partial charge >= 0.3 is 11.9 Å². The van der Waals surface area contributed by atoms with Gasteiger partial charge in [0.2, 0.25) is 0 Å². The van der Waals surface area contributed by atoms with Crippen molar-refractivity contribution in [3.05, 3.63) is 45.4 Å². The molecule has 9 nitrogen and oxygen atoms in total. The third-order valence-corrected chi connectivity index (χ3v) is 7.17. The number of ether oxygens (including phenoxy) is 1. The predicted octanol–water partition coefficient (Wildman–Crippen LogP) is 3.75. The topological polar surface area (TPSA) is 120 Å². The molecule has 1 aromatic carbocycles. The van der Waals surface area contributed by atoms with Gasteiger partial charge in [0.25, 0.3) is 11.1 Å². The molecule has 0 atom stereocenters. The molecule has 2 aromatic rings. The van der Waals surface area contributed by atoms with E-state index in [4.69, 9.17) is 47.7 Å².